The zero-order valence-corrected chi connectivity index (χ0v) is 18.9. The van der Waals surface area contributed by atoms with Crippen LogP contribution in [0, 0.1) is 0 Å². The molecule has 3 N–H and O–H groups in total. The van der Waals surface area contributed by atoms with Crippen molar-refractivity contribution in [1.82, 2.24) is 0 Å². The largest absolute Gasteiger partial charge is 0.490 e. The highest BCUT2D eigenvalue weighted by atomic mass is 16.5. The van der Waals surface area contributed by atoms with E-state index in [0.717, 1.165) is 44.3 Å². The second-order valence-corrected chi connectivity index (χ2v) is 7.71. The number of ether oxygens (including phenoxy) is 2. The second kappa shape index (κ2) is 17.3. The summed E-state index contributed by atoms with van der Waals surface area (Å²) in [5, 5.41) is 20.6. The zero-order valence-electron chi connectivity index (χ0n) is 18.9. The number of carbonyl (C=O) groups is 2. The standard InChI is InChI=1S/C24H39NO6/c1-2-25-20-15-16-21(22(19-20)31-18-12-14-24(28)29)30-17-11-9-7-5-3-4-6-8-10-13-23(26)27/h15-16,19,25H,2-14,17-18H2,1H3,(H,26,27)(H,28,29). The number of anilines is 1. The first kappa shape index (κ1) is 26.6. The van der Waals surface area contributed by atoms with Crippen LogP contribution >= 0.6 is 0 Å². The Morgan fingerprint density at radius 1 is 0.742 bits per heavy atom. The fourth-order valence-corrected chi connectivity index (χ4v) is 3.26. The van der Waals surface area contributed by atoms with Crippen LogP contribution in [0.5, 0.6) is 11.5 Å². The molecule has 0 unspecified atom stereocenters. The summed E-state index contributed by atoms with van der Waals surface area (Å²) < 4.78 is 11.7. The summed E-state index contributed by atoms with van der Waals surface area (Å²) in [6.07, 6.45) is 10.6. The minimum Gasteiger partial charge on any atom is -0.490 e. The van der Waals surface area contributed by atoms with Crippen LogP contribution in [0.25, 0.3) is 0 Å². The number of rotatable bonds is 20. The van der Waals surface area contributed by atoms with E-state index in [0.29, 0.717) is 31.1 Å². The van der Waals surface area contributed by atoms with Crippen LogP contribution in [0.1, 0.15) is 84.0 Å². The minimum atomic E-state index is -0.820. The third-order valence-electron chi connectivity index (χ3n) is 4.91. The van der Waals surface area contributed by atoms with Gasteiger partial charge in [-0.15, -0.1) is 0 Å². The Bertz CT molecular complexity index is 634. The van der Waals surface area contributed by atoms with Crippen molar-refractivity contribution in [3.63, 3.8) is 0 Å². The average Bonchev–Trinajstić information content (AvgIpc) is 2.73. The molecule has 0 spiro atoms. The van der Waals surface area contributed by atoms with Gasteiger partial charge in [0.05, 0.1) is 13.2 Å². The maximum absolute atomic E-state index is 10.7. The average molecular weight is 438 g/mol. The minimum absolute atomic E-state index is 0.0887. The Labute approximate surface area is 186 Å². The van der Waals surface area contributed by atoms with Crippen molar-refractivity contribution in [3.05, 3.63) is 18.2 Å². The van der Waals surface area contributed by atoms with Gasteiger partial charge in [-0.2, -0.15) is 0 Å². The first-order valence-electron chi connectivity index (χ1n) is 11.6. The van der Waals surface area contributed by atoms with Gasteiger partial charge in [-0.05, 0) is 38.3 Å². The van der Waals surface area contributed by atoms with Crippen molar-refractivity contribution < 1.29 is 29.3 Å². The number of benzene rings is 1. The maximum atomic E-state index is 10.7. The van der Waals surface area contributed by atoms with E-state index in [2.05, 4.69) is 5.32 Å². The Morgan fingerprint density at radius 3 is 1.87 bits per heavy atom. The summed E-state index contributed by atoms with van der Waals surface area (Å²) >= 11 is 0. The number of carboxylic acid groups (broad SMARTS) is 2. The van der Waals surface area contributed by atoms with E-state index >= 15 is 0 Å². The molecule has 7 nitrogen and oxygen atoms in total. The molecule has 0 aliphatic rings. The number of nitrogens with one attached hydrogen (secondary N) is 1. The SMILES string of the molecule is CCNc1ccc(OCCCCCCCCCCCC(=O)O)c(OCCCC(=O)O)c1. The molecular weight excluding hydrogens is 398 g/mol. The van der Waals surface area contributed by atoms with Gasteiger partial charge in [-0.1, -0.05) is 44.9 Å². The molecule has 0 aromatic heterocycles. The molecule has 7 heteroatoms. The number of hydrogen-bond donors (Lipinski definition) is 3. The number of hydrogen-bond acceptors (Lipinski definition) is 5. The Hall–Kier alpha value is -2.44. The van der Waals surface area contributed by atoms with Gasteiger partial charge in [0, 0.05) is 31.1 Å². The van der Waals surface area contributed by atoms with E-state index in [4.69, 9.17) is 19.7 Å². The Kier molecular flexibility index (Phi) is 14.8. The smallest absolute Gasteiger partial charge is 0.303 e. The summed E-state index contributed by atoms with van der Waals surface area (Å²) in [7, 11) is 0. The highest BCUT2D eigenvalue weighted by molar-refractivity contribution is 5.66. The predicted molar refractivity (Wildman–Crippen MR) is 122 cm³/mol. The molecule has 176 valence electrons. The third kappa shape index (κ3) is 14.2. The van der Waals surface area contributed by atoms with E-state index in [-0.39, 0.29) is 12.8 Å². The molecule has 1 rings (SSSR count). The highest BCUT2D eigenvalue weighted by Gasteiger charge is 2.08. The molecule has 0 heterocycles. The molecule has 0 bridgehead atoms. The lowest BCUT2D eigenvalue weighted by molar-refractivity contribution is -0.138. The highest BCUT2D eigenvalue weighted by Crippen LogP contribution is 2.31. The van der Waals surface area contributed by atoms with Crippen molar-refractivity contribution in [2.24, 2.45) is 0 Å². The molecule has 0 fully saturated rings. The normalized spacial score (nSPS) is 10.6. The lowest BCUT2D eigenvalue weighted by Crippen LogP contribution is -2.05. The fraction of sp³-hybridized carbons (Fsp3) is 0.667. The zero-order chi connectivity index (χ0) is 22.7. The third-order valence-corrected chi connectivity index (χ3v) is 4.91. The van der Waals surface area contributed by atoms with Gasteiger partial charge in [0.1, 0.15) is 0 Å². The van der Waals surface area contributed by atoms with Crippen LogP contribution in [-0.2, 0) is 9.59 Å². The van der Waals surface area contributed by atoms with E-state index in [9.17, 15) is 9.59 Å². The summed E-state index contributed by atoms with van der Waals surface area (Å²) in [5.41, 5.74) is 0.950. The lowest BCUT2D eigenvalue weighted by atomic mass is 10.1. The molecule has 0 amide bonds. The van der Waals surface area contributed by atoms with Gasteiger partial charge in [-0.3, -0.25) is 9.59 Å². The predicted octanol–water partition coefficient (Wildman–Crippen LogP) is 5.73. The first-order chi connectivity index (χ1) is 15.0. The number of unbranched alkanes of at least 4 members (excludes halogenated alkanes) is 8. The quantitative estimate of drug-likeness (QED) is 0.224. The van der Waals surface area contributed by atoms with Crippen LogP contribution < -0.4 is 14.8 Å². The van der Waals surface area contributed by atoms with Crippen LogP contribution in [-0.4, -0.2) is 41.9 Å². The van der Waals surface area contributed by atoms with Gasteiger partial charge < -0.3 is 25.0 Å². The van der Waals surface area contributed by atoms with Gasteiger partial charge in [0.15, 0.2) is 11.5 Å². The molecule has 0 aliphatic heterocycles. The molecule has 0 radical (unpaired) electrons. The Morgan fingerprint density at radius 2 is 1.26 bits per heavy atom. The van der Waals surface area contributed by atoms with Crippen LogP contribution in [0.3, 0.4) is 0 Å². The second-order valence-electron chi connectivity index (χ2n) is 7.71. The van der Waals surface area contributed by atoms with Gasteiger partial charge in [0.2, 0.25) is 0 Å². The van der Waals surface area contributed by atoms with Gasteiger partial charge in [-0.25, -0.2) is 0 Å². The van der Waals surface area contributed by atoms with E-state index in [1.54, 1.807) is 0 Å². The van der Waals surface area contributed by atoms with Gasteiger partial charge >= 0.3 is 11.9 Å². The van der Waals surface area contributed by atoms with Crippen molar-refractivity contribution in [2.45, 2.75) is 84.0 Å². The van der Waals surface area contributed by atoms with E-state index < -0.39 is 11.9 Å². The molecule has 0 saturated carbocycles. The van der Waals surface area contributed by atoms with Crippen molar-refractivity contribution in [3.8, 4) is 11.5 Å². The molecule has 1 aromatic carbocycles. The topological polar surface area (TPSA) is 105 Å². The van der Waals surface area contributed by atoms with Gasteiger partial charge in [0.25, 0.3) is 0 Å². The van der Waals surface area contributed by atoms with Crippen molar-refractivity contribution in [2.75, 3.05) is 25.1 Å². The summed E-state index contributed by atoms with van der Waals surface area (Å²) in [6, 6.07) is 5.75. The van der Waals surface area contributed by atoms with E-state index in [1.165, 1.54) is 25.7 Å². The van der Waals surface area contributed by atoms with Crippen LogP contribution in [0.15, 0.2) is 18.2 Å². The van der Waals surface area contributed by atoms with Crippen molar-refractivity contribution >= 4 is 17.6 Å². The molecule has 0 saturated heterocycles. The van der Waals surface area contributed by atoms with E-state index in [1.807, 2.05) is 25.1 Å². The van der Waals surface area contributed by atoms with Crippen LogP contribution in [0.4, 0.5) is 5.69 Å². The molecular formula is C24H39NO6. The lowest BCUT2D eigenvalue weighted by Gasteiger charge is -2.14. The summed E-state index contributed by atoms with van der Waals surface area (Å²) in [4.78, 5) is 21.1. The fourth-order valence-electron chi connectivity index (χ4n) is 3.26. The molecule has 1 aromatic rings. The Balaban J connectivity index is 2.21. The summed E-state index contributed by atoms with van der Waals surface area (Å²) in [6.45, 7) is 3.80. The molecule has 0 aliphatic carbocycles. The molecule has 31 heavy (non-hydrogen) atoms. The van der Waals surface area contributed by atoms with Crippen molar-refractivity contribution in [1.29, 1.82) is 0 Å². The summed E-state index contributed by atoms with van der Waals surface area (Å²) in [5.74, 6) is -0.183. The van der Waals surface area contributed by atoms with Crippen LogP contribution in [0.2, 0.25) is 0 Å². The maximum Gasteiger partial charge on any atom is 0.303 e. The number of aliphatic carboxylic acids is 2. The molecule has 0 atom stereocenters. The monoisotopic (exact) mass is 437 g/mol. The first-order valence-corrected chi connectivity index (χ1v) is 11.6. The number of carboxylic acids is 2.